The van der Waals surface area contributed by atoms with Crippen molar-refractivity contribution in [3.63, 3.8) is 0 Å². The molecule has 1 saturated heterocycles. The highest BCUT2D eigenvalue weighted by molar-refractivity contribution is 5.82. The monoisotopic (exact) mass is 210 g/mol. The quantitative estimate of drug-likeness (QED) is 0.749. The Bertz CT molecular complexity index is 218. The summed E-state index contributed by atoms with van der Waals surface area (Å²) >= 11 is 0. The van der Waals surface area contributed by atoms with E-state index in [-0.39, 0.29) is 6.04 Å². The number of likely N-dealkylation sites (N-methyl/N-ethyl adjacent to an activating group) is 1. The molecule has 1 amide bonds. The fraction of sp³-hybridized carbons (Fsp3) is 0.917. The molecule has 3 nitrogen and oxygen atoms in total. The van der Waals surface area contributed by atoms with Crippen molar-refractivity contribution in [1.82, 2.24) is 10.2 Å². The molecule has 3 heteroatoms. The minimum Gasteiger partial charge on any atom is -0.341 e. The Morgan fingerprint density at radius 3 is 2.40 bits per heavy atom. The van der Waals surface area contributed by atoms with Gasteiger partial charge in [0.2, 0.25) is 5.91 Å². The lowest BCUT2D eigenvalue weighted by atomic mass is 10.0. The number of hydrogen-bond donors (Lipinski definition) is 1. The zero-order valence-corrected chi connectivity index (χ0v) is 9.67. The van der Waals surface area contributed by atoms with E-state index in [1.165, 1.54) is 38.5 Å². The van der Waals surface area contributed by atoms with E-state index in [0.717, 1.165) is 13.0 Å². The Labute approximate surface area is 92.2 Å². The Morgan fingerprint density at radius 2 is 1.80 bits per heavy atom. The third-order valence-corrected chi connectivity index (χ3v) is 3.83. The van der Waals surface area contributed by atoms with Crippen LogP contribution in [-0.4, -0.2) is 36.5 Å². The maximum Gasteiger partial charge on any atom is 0.239 e. The van der Waals surface area contributed by atoms with E-state index in [9.17, 15) is 4.79 Å². The minimum absolute atomic E-state index is 0.101. The van der Waals surface area contributed by atoms with E-state index in [1.54, 1.807) is 0 Å². The van der Waals surface area contributed by atoms with Crippen molar-refractivity contribution in [2.24, 2.45) is 0 Å². The van der Waals surface area contributed by atoms with Crippen molar-refractivity contribution in [3.8, 4) is 0 Å². The van der Waals surface area contributed by atoms with Crippen molar-refractivity contribution >= 4 is 5.91 Å². The molecule has 0 spiro atoms. The van der Waals surface area contributed by atoms with Crippen molar-refractivity contribution in [2.45, 2.75) is 57.0 Å². The van der Waals surface area contributed by atoms with Crippen LogP contribution in [0.3, 0.4) is 0 Å². The first kappa shape index (κ1) is 10.9. The molecule has 1 atom stereocenters. The summed E-state index contributed by atoms with van der Waals surface area (Å²) in [5, 5.41) is 3.33. The third-order valence-electron chi connectivity index (χ3n) is 3.83. The van der Waals surface area contributed by atoms with Gasteiger partial charge in [-0.2, -0.15) is 0 Å². The van der Waals surface area contributed by atoms with Crippen molar-refractivity contribution in [2.75, 3.05) is 13.6 Å². The zero-order chi connectivity index (χ0) is 10.7. The molecule has 86 valence electrons. The summed E-state index contributed by atoms with van der Waals surface area (Å²) in [6, 6.07) is 0.616. The van der Waals surface area contributed by atoms with Gasteiger partial charge in [0.1, 0.15) is 0 Å². The van der Waals surface area contributed by atoms with Gasteiger partial charge in [-0.25, -0.2) is 0 Å². The summed E-state index contributed by atoms with van der Waals surface area (Å²) in [6.07, 6.45) is 8.43. The second-order valence-corrected chi connectivity index (χ2v) is 4.89. The van der Waals surface area contributed by atoms with E-state index < -0.39 is 0 Å². The number of hydrogen-bond acceptors (Lipinski definition) is 2. The summed E-state index contributed by atoms with van der Waals surface area (Å²) in [7, 11) is 1.98. The number of nitrogens with one attached hydrogen (secondary N) is 1. The second-order valence-electron chi connectivity index (χ2n) is 4.89. The van der Waals surface area contributed by atoms with Crippen LogP contribution in [0.1, 0.15) is 44.9 Å². The Hall–Kier alpha value is -0.570. The van der Waals surface area contributed by atoms with Gasteiger partial charge < -0.3 is 10.2 Å². The first-order valence-corrected chi connectivity index (χ1v) is 6.29. The predicted octanol–water partition coefficient (Wildman–Crippen LogP) is 1.53. The molecular weight excluding hydrogens is 188 g/mol. The molecule has 0 aromatic heterocycles. The maximum absolute atomic E-state index is 12.1. The Balaban J connectivity index is 1.87. The van der Waals surface area contributed by atoms with Gasteiger partial charge in [0.05, 0.1) is 6.04 Å². The molecular formula is C12H22N2O. The standard InChI is InChI=1S/C12H22N2O/c1-14(10-6-2-3-7-10)12(15)11-8-4-5-9-13-11/h10-11,13H,2-9H2,1H3/t11-/m1/s1. The Kier molecular flexibility index (Phi) is 3.62. The normalized spacial score (nSPS) is 27.9. The zero-order valence-electron chi connectivity index (χ0n) is 9.67. The van der Waals surface area contributed by atoms with Gasteiger partial charge >= 0.3 is 0 Å². The minimum atomic E-state index is 0.101. The first-order valence-electron chi connectivity index (χ1n) is 6.29. The van der Waals surface area contributed by atoms with E-state index in [0.29, 0.717) is 11.9 Å². The molecule has 0 radical (unpaired) electrons. The number of carbonyl (C=O) groups excluding carboxylic acids is 1. The van der Waals surface area contributed by atoms with Gasteiger partial charge in [-0.15, -0.1) is 0 Å². The molecule has 1 saturated carbocycles. The lowest BCUT2D eigenvalue weighted by molar-refractivity contribution is -0.134. The van der Waals surface area contributed by atoms with Gasteiger partial charge in [-0.3, -0.25) is 4.79 Å². The summed E-state index contributed by atoms with van der Waals surface area (Å²) in [6.45, 7) is 1.01. The molecule has 2 rings (SSSR count). The molecule has 2 fully saturated rings. The molecule has 15 heavy (non-hydrogen) atoms. The SMILES string of the molecule is CN(C(=O)[C@H]1CCCCN1)C1CCCC1. The van der Waals surface area contributed by atoms with Crippen molar-refractivity contribution in [1.29, 1.82) is 0 Å². The van der Waals surface area contributed by atoms with Crippen LogP contribution < -0.4 is 5.32 Å². The summed E-state index contributed by atoms with van der Waals surface area (Å²) in [4.78, 5) is 14.1. The molecule has 1 aliphatic heterocycles. The third kappa shape index (κ3) is 2.51. The number of amides is 1. The van der Waals surface area contributed by atoms with Crippen LogP contribution in [0.4, 0.5) is 0 Å². The van der Waals surface area contributed by atoms with Crippen LogP contribution in [0, 0.1) is 0 Å². The van der Waals surface area contributed by atoms with Crippen LogP contribution in [0.2, 0.25) is 0 Å². The fourth-order valence-corrected chi connectivity index (χ4v) is 2.78. The number of nitrogens with zero attached hydrogens (tertiary/aromatic N) is 1. The average Bonchev–Trinajstić information content (AvgIpc) is 2.82. The molecule has 0 bridgehead atoms. The van der Waals surface area contributed by atoms with Crippen LogP contribution in [0.25, 0.3) is 0 Å². The Morgan fingerprint density at radius 1 is 1.13 bits per heavy atom. The fourth-order valence-electron chi connectivity index (χ4n) is 2.78. The number of piperidine rings is 1. The molecule has 1 N–H and O–H groups in total. The van der Waals surface area contributed by atoms with Crippen LogP contribution in [-0.2, 0) is 4.79 Å². The summed E-state index contributed by atoms with van der Waals surface area (Å²) < 4.78 is 0. The lowest BCUT2D eigenvalue weighted by Gasteiger charge is -2.31. The number of carbonyl (C=O) groups is 1. The van der Waals surface area contributed by atoms with Crippen molar-refractivity contribution in [3.05, 3.63) is 0 Å². The van der Waals surface area contributed by atoms with E-state index in [4.69, 9.17) is 0 Å². The van der Waals surface area contributed by atoms with Gasteiger partial charge in [0, 0.05) is 13.1 Å². The van der Waals surface area contributed by atoms with Crippen LogP contribution in [0.15, 0.2) is 0 Å². The van der Waals surface area contributed by atoms with Gasteiger partial charge in [-0.1, -0.05) is 19.3 Å². The smallest absolute Gasteiger partial charge is 0.239 e. The highest BCUT2D eigenvalue weighted by atomic mass is 16.2. The van der Waals surface area contributed by atoms with E-state index >= 15 is 0 Å². The molecule has 2 aliphatic rings. The maximum atomic E-state index is 12.1. The molecule has 1 heterocycles. The van der Waals surface area contributed by atoms with E-state index in [1.807, 2.05) is 11.9 Å². The second kappa shape index (κ2) is 4.97. The predicted molar refractivity (Wildman–Crippen MR) is 60.7 cm³/mol. The molecule has 1 aliphatic carbocycles. The number of rotatable bonds is 2. The van der Waals surface area contributed by atoms with Crippen LogP contribution >= 0.6 is 0 Å². The molecule has 0 aromatic carbocycles. The highest BCUT2D eigenvalue weighted by Gasteiger charge is 2.29. The topological polar surface area (TPSA) is 32.3 Å². The largest absolute Gasteiger partial charge is 0.341 e. The summed E-state index contributed by atoms with van der Waals surface area (Å²) in [5.41, 5.74) is 0. The van der Waals surface area contributed by atoms with Gasteiger partial charge in [-0.05, 0) is 32.2 Å². The van der Waals surface area contributed by atoms with Gasteiger partial charge in [0.15, 0.2) is 0 Å². The molecule has 0 unspecified atom stereocenters. The highest BCUT2D eigenvalue weighted by Crippen LogP contribution is 2.23. The van der Waals surface area contributed by atoms with E-state index in [2.05, 4.69) is 5.32 Å². The lowest BCUT2D eigenvalue weighted by Crippen LogP contribution is -2.49. The van der Waals surface area contributed by atoms with Crippen molar-refractivity contribution < 1.29 is 4.79 Å². The summed E-state index contributed by atoms with van der Waals surface area (Å²) in [5.74, 6) is 0.321. The first-order chi connectivity index (χ1) is 7.29. The van der Waals surface area contributed by atoms with Gasteiger partial charge in [0.25, 0.3) is 0 Å². The molecule has 0 aromatic rings. The average molecular weight is 210 g/mol. The van der Waals surface area contributed by atoms with Crippen LogP contribution in [0.5, 0.6) is 0 Å².